The molecule has 1 N–H and O–H groups in total. The predicted molar refractivity (Wildman–Crippen MR) is 65.0 cm³/mol. The van der Waals surface area contributed by atoms with E-state index in [-0.39, 0.29) is 12.1 Å². The van der Waals surface area contributed by atoms with E-state index in [9.17, 15) is 9.90 Å². The average molecular weight is 238 g/mol. The van der Waals surface area contributed by atoms with E-state index >= 15 is 0 Å². The lowest BCUT2D eigenvalue weighted by molar-refractivity contribution is 0.172. The van der Waals surface area contributed by atoms with Crippen LogP contribution in [-0.2, 0) is 6.54 Å². The van der Waals surface area contributed by atoms with Gasteiger partial charge in [-0.2, -0.15) is 0 Å². The monoisotopic (exact) mass is 238 g/mol. The summed E-state index contributed by atoms with van der Waals surface area (Å²) in [5.41, 5.74) is 0.935. The summed E-state index contributed by atoms with van der Waals surface area (Å²) in [6.07, 6.45) is 0.962. The fourth-order valence-corrected chi connectivity index (χ4v) is 2.67. The summed E-state index contributed by atoms with van der Waals surface area (Å²) in [6, 6.07) is 0. The molecule has 1 unspecified atom stereocenters. The summed E-state index contributed by atoms with van der Waals surface area (Å²) in [6.45, 7) is 5.86. The molecule has 2 rings (SSSR count). The molecule has 0 bridgehead atoms. The first-order valence-corrected chi connectivity index (χ1v) is 5.95. The van der Waals surface area contributed by atoms with Crippen LogP contribution in [0.3, 0.4) is 0 Å². The fraction of sp³-hybridized carbons (Fsp3) is 0.455. The number of aliphatic hydroxyl groups excluding tert-OH is 1. The van der Waals surface area contributed by atoms with E-state index in [0.29, 0.717) is 5.39 Å². The van der Waals surface area contributed by atoms with Gasteiger partial charge >= 0.3 is 0 Å². The molecule has 86 valence electrons. The molecule has 0 aliphatic carbocycles. The maximum atomic E-state index is 12.1. The second-order valence-electron chi connectivity index (χ2n) is 4.01. The first kappa shape index (κ1) is 11.3. The van der Waals surface area contributed by atoms with Crippen LogP contribution in [0.15, 0.2) is 11.1 Å². The van der Waals surface area contributed by atoms with E-state index in [2.05, 4.69) is 4.98 Å². The normalized spacial score (nSPS) is 13.2. The molecule has 2 aromatic heterocycles. The lowest BCUT2D eigenvalue weighted by atomic mass is 10.2. The van der Waals surface area contributed by atoms with E-state index in [4.69, 9.17) is 0 Å². The highest BCUT2D eigenvalue weighted by Crippen LogP contribution is 2.25. The number of nitrogens with zero attached hydrogens (tertiary/aromatic N) is 2. The Hall–Kier alpha value is -1.20. The summed E-state index contributed by atoms with van der Waals surface area (Å²) in [5.74, 6) is 0. The molecule has 16 heavy (non-hydrogen) atoms. The zero-order chi connectivity index (χ0) is 11.9. The molecule has 0 amide bonds. The molecule has 0 aromatic carbocycles. The van der Waals surface area contributed by atoms with Crippen molar-refractivity contribution in [2.75, 3.05) is 0 Å². The van der Waals surface area contributed by atoms with Gasteiger partial charge in [0.15, 0.2) is 0 Å². The summed E-state index contributed by atoms with van der Waals surface area (Å²) < 4.78 is 1.46. The van der Waals surface area contributed by atoms with Crippen LogP contribution in [0.1, 0.15) is 17.4 Å². The molecule has 5 heteroatoms. The van der Waals surface area contributed by atoms with Crippen molar-refractivity contribution in [1.29, 1.82) is 0 Å². The van der Waals surface area contributed by atoms with Gasteiger partial charge in [0, 0.05) is 4.88 Å². The summed E-state index contributed by atoms with van der Waals surface area (Å²) in [5, 5.41) is 9.98. The van der Waals surface area contributed by atoms with Crippen LogP contribution in [0.4, 0.5) is 0 Å². The third-order valence-corrected chi connectivity index (χ3v) is 3.73. The first-order valence-electron chi connectivity index (χ1n) is 5.14. The van der Waals surface area contributed by atoms with E-state index < -0.39 is 6.10 Å². The summed E-state index contributed by atoms with van der Waals surface area (Å²) >= 11 is 1.53. The molecular weight excluding hydrogens is 224 g/mol. The number of thiophene rings is 1. The minimum Gasteiger partial charge on any atom is -0.392 e. The topological polar surface area (TPSA) is 55.1 Å². The molecule has 2 aromatic rings. The Morgan fingerprint density at radius 3 is 2.88 bits per heavy atom. The summed E-state index contributed by atoms with van der Waals surface area (Å²) in [4.78, 5) is 18.3. The smallest absolute Gasteiger partial charge is 0.262 e. The van der Waals surface area contributed by atoms with Crippen LogP contribution in [0.2, 0.25) is 0 Å². The predicted octanol–water partition coefficient (Wildman–Crippen LogP) is 1.46. The van der Waals surface area contributed by atoms with Crippen LogP contribution < -0.4 is 5.56 Å². The number of aromatic nitrogens is 2. The number of aliphatic hydroxyl groups is 1. The quantitative estimate of drug-likeness (QED) is 0.861. The van der Waals surface area contributed by atoms with E-state index in [1.54, 1.807) is 6.92 Å². The van der Waals surface area contributed by atoms with Crippen molar-refractivity contribution in [3.63, 3.8) is 0 Å². The molecule has 0 fully saturated rings. The van der Waals surface area contributed by atoms with Gasteiger partial charge in [-0.15, -0.1) is 11.3 Å². The molecule has 4 nitrogen and oxygen atoms in total. The maximum Gasteiger partial charge on any atom is 0.262 e. The average Bonchev–Trinajstić information content (AvgIpc) is 2.48. The van der Waals surface area contributed by atoms with Crippen LogP contribution in [0, 0.1) is 13.8 Å². The minimum absolute atomic E-state index is 0.0623. The van der Waals surface area contributed by atoms with Crippen molar-refractivity contribution in [3.8, 4) is 0 Å². The zero-order valence-corrected chi connectivity index (χ0v) is 10.3. The van der Waals surface area contributed by atoms with Gasteiger partial charge in [0.1, 0.15) is 4.83 Å². The molecule has 1 atom stereocenters. The highest BCUT2D eigenvalue weighted by Gasteiger charge is 2.12. The van der Waals surface area contributed by atoms with Gasteiger partial charge in [0.25, 0.3) is 5.56 Å². The number of hydrogen-bond donors (Lipinski definition) is 1. The Morgan fingerprint density at radius 1 is 1.56 bits per heavy atom. The highest BCUT2D eigenvalue weighted by molar-refractivity contribution is 7.18. The molecule has 0 spiro atoms. The van der Waals surface area contributed by atoms with Gasteiger partial charge < -0.3 is 5.11 Å². The molecule has 0 saturated carbocycles. The minimum atomic E-state index is -0.544. The second kappa shape index (κ2) is 3.99. The van der Waals surface area contributed by atoms with Crippen LogP contribution in [-0.4, -0.2) is 20.8 Å². The Kier molecular flexibility index (Phi) is 2.82. The Bertz CT molecular complexity index is 583. The molecular formula is C11H14N2O2S. The van der Waals surface area contributed by atoms with Crippen molar-refractivity contribution in [3.05, 3.63) is 27.1 Å². The maximum absolute atomic E-state index is 12.1. The molecule has 0 aliphatic heterocycles. The van der Waals surface area contributed by atoms with Gasteiger partial charge in [-0.1, -0.05) is 0 Å². The number of aryl methyl sites for hydroxylation is 2. The van der Waals surface area contributed by atoms with Crippen molar-refractivity contribution >= 4 is 21.6 Å². The van der Waals surface area contributed by atoms with Crippen molar-refractivity contribution in [2.45, 2.75) is 33.4 Å². The lowest BCUT2D eigenvalue weighted by Gasteiger charge is -2.07. The molecule has 0 radical (unpaired) electrons. The molecule has 2 heterocycles. The second-order valence-corrected chi connectivity index (χ2v) is 5.22. The number of fused-ring (bicyclic) bond motifs is 1. The Morgan fingerprint density at radius 2 is 2.25 bits per heavy atom. The van der Waals surface area contributed by atoms with Crippen molar-refractivity contribution in [1.82, 2.24) is 9.55 Å². The van der Waals surface area contributed by atoms with Crippen LogP contribution >= 0.6 is 11.3 Å². The van der Waals surface area contributed by atoms with Crippen molar-refractivity contribution < 1.29 is 5.11 Å². The van der Waals surface area contributed by atoms with Crippen LogP contribution in [0.25, 0.3) is 10.2 Å². The first-order chi connectivity index (χ1) is 7.50. The van der Waals surface area contributed by atoms with Gasteiger partial charge in [-0.05, 0) is 26.3 Å². The standard InChI is InChI=1S/C11H14N2O2S/c1-6(14)4-13-5-12-10-9(11(13)15)7(2)8(3)16-10/h5-6,14H,4H2,1-3H3. The highest BCUT2D eigenvalue weighted by atomic mass is 32.1. The lowest BCUT2D eigenvalue weighted by Crippen LogP contribution is -2.25. The zero-order valence-electron chi connectivity index (χ0n) is 9.52. The third-order valence-electron chi connectivity index (χ3n) is 2.62. The number of rotatable bonds is 2. The Balaban J connectivity index is 2.69. The fourth-order valence-electron chi connectivity index (χ4n) is 1.68. The van der Waals surface area contributed by atoms with Gasteiger partial charge in [-0.3, -0.25) is 9.36 Å². The van der Waals surface area contributed by atoms with Gasteiger partial charge in [-0.25, -0.2) is 4.98 Å². The SMILES string of the molecule is Cc1sc2ncn(CC(C)O)c(=O)c2c1C. The largest absolute Gasteiger partial charge is 0.392 e. The van der Waals surface area contributed by atoms with E-state index in [1.165, 1.54) is 22.2 Å². The van der Waals surface area contributed by atoms with E-state index in [0.717, 1.165) is 15.3 Å². The van der Waals surface area contributed by atoms with Crippen LogP contribution in [0.5, 0.6) is 0 Å². The number of hydrogen-bond acceptors (Lipinski definition) is 4. The summed E-state index contributed by atoms with van der Waals surface area (Å²) in [7, 11) is 0. The van der Waals surface area contributed by atoms with Gasteiger partial charge in [0.2, 0.25) is 0 Å². The third kappa shape index (κ3) is 1.76. The van der Waals surface area contributed by atoms with Gasteiger partial charge in [0.05, 0.1) is 24.4 Å². The Labute approximate surface area is 97.2 Å². The van der Waals surface area contributed by atoms with E-state index in [1.807, 2.05) is 13.8 Å². The molecule has 0 aliphatic rings. The van der Waals surface area contributed by atoms with Crippen molar-refractivity contribution in [2.24, 2.45) is 0 Å². The molecule has 0 saturated heterocycles.